The number of hydrogen-bond donors (Lipinski definition) is 1. The fourth-order valence-corrected chi connectivity index (χ4v) is 5.03. The normalized spacial score (nSPS) is 11.4. The molecule has 2 aromatic rings. The van der Waals surface area contributed by atoms with Gasteiger partial charge in [-0.05, 0) is 54.5 Å². The number of anilines is 1. The smallest absolute Gasteiger partial charge is 0.269 e. The minimum absolute atomic E-state index is 0.0127. The van der Waals surface area contributed by atoms with Crippen LogP contribution >= 0.6 is 0 Å². The second-order valence-corrected chi connectivity index (χ2v) is 11.4. The molecule has 2 aromatic carbocycles. The Kier molecular flexibility index (Phi) is 17.7. The highest BCUT2D eigenvalue weighted by atomic mass is 16.6. The number of carbonyl (C=O) groups excluding carboxylic acids is 1. The van der Waals surface area contributed by atoms with Gasteiger partial charge < -0.3 is 15.4 Å². The van der Waals surface area contributed by atoms with Crippen LogP contribution in [0.2, 0.25) is 0 Å². The van der Waals surface area contributed by atoms with Crippen LogP contribution in [0, 0.1) is 10.1 Å². The van der Waals surface area contributed by atoms with Crippen LogP contribution in [0.3, 0.4) is 0 Å². The summed E-state index contributed by atoms with van der Waals surface area (Å²) in [5, 5.41) is 11.0. The van der Waals surface area contributed by atoms with Crippen molar-refractivity contribution in [1.29, 1.82) is 0 Å². The van der Waals surface area contributed by atoms with Gasteiger partial charge in [0.15, 0.2) is 0 Å². The SMILES string of the molecule is CCCCCCCCCCCCCCCCCCN(C)C(=O)/C(=C/c1ccc([N+](=O)[O-])cc1)COc1ccc(N)cc1. The number of hydrogen-bond acceptors (Lipinski definition) is 5. The molecule has 0 unspecified atom stereocenters. The molecule has 0 aliphatic rings. The standard InChI is InChI=1S/C35H53N3O4/c1-3-4-5-6-7-8-9-10-11-12-13-14-15-16-17-18-27-37(2)35(39)31(29-42-34-25-21-32(36)22-26-34)28-30-19-23-33(24-20-30)38(40)41/h19-26,28H,3-18,27,29,36H2,1-2H3/b31-28+. The Labute approximate surface area is 253 Å². The molecule has 0 radical (unpaired) electrons. The number of nitro groups is 1. The number of nitro benzene ring substituents is 1. The van der Waals surface area contributed by atoms with Crippen molar-refractivity contribution >= 4 is 23.4 Å². The molecule has 0 heterocycles. The van der Waals surface area contributed by atoms with Gasteiger partial charge in [0.05, 0.1) is 10.5 Å². The largest absolute Gasteiger partial charge is 0.489 e. The number of non-ortho nitro benzene ring substituents is 1. The van der Waals surface area contributed by atoms with E-state index in [9.17, 15) is 14.9 Å². The van der Waals surface area contributed by atoms with Gasteiger partial charge in [-0.1, -0.05) is 103 Å². The van der Waals surface area contributed by atoms with Crippen molar-refractivity contribution in [2.45, 2.75) is 110 Å². The van der Waals surface area contributed by atoms with Crippen molar-refractivity contribution in [1.82, 2.24) is 4.90 Å². The molecule has 0 atom stereocenters. The van der Waals surface area contributed by atoms with E-state index in [4.69, 9.17) is 10.5 Å². The van der Waals surface area contributed by atoms with Gasteiger partial charge in [-0.3, -0.25) is 14.9 Å². The second-order valence-electron chi connectivity index (χ2n) is 11.4. The van der Waals surface area contributed by atoms with Gasteiger partial charge in [0.25, 0.3) is 11.6 Å². The molecule has 0 saturated heterocycles. The molecule has 232 valence electrons. The van der Waals surface area contributed by atoms with Crippen LogP contribution in [0.1, 0.15) is 115 Å². The molecule has 0 fully saturated rings. The summed E-state index contributed by atoms with van der Waals surface area (Å²) in [5.74, 6) is 0.511. The van der Waals surface area contributed by atoms with Gasteiger partial charge >= 0.3 is 0 Å². The summed E-state index contributed by atoms with van der Waals surface area (Å²) in [6.07, 6.45) is 22.8. The molecule has 42 heavy (non-hydrogen) atoms. The van der Waals surface area contributed by atoms with E-state index < -0.39 is 4.92 Å². The van der Waals surface area contributed by atoms with E-state index in [1.807, 2.05) is 7.05 Å². The van der Waals surface area contributed by atoms with Crippen LogP contribution in [0.25, 0.3) is 6.08 Å². The molecular formula is C35H53N3O4. The predicted molar refractivity (Wildman–Crippen MR) is 175 cm³/mol. The van der Waals surface area contributed by atoms with Gasteiger partial charge in [0, 0.05) is 31.4 Å². The summed E-state index contributed by atoms with van der Waals surface area (Å²) in [6.45, 7) is 3.03. The van der Waals surface area contributed by atoms with E-state index >= 15 is 0 Å². The lowest BCUT2D eigenvalue weighted by molar-refractivity contribution is -0.384. The van der Waals surface area contributed by atoms with Gasteiger partial charge in [0.1, 0.15) is 12.4 Å². The first-order valence-electron chi connectivity index (χ1n) is 16.1. The van der Waals surface area contributed by atoms with E-state index in [1.165, 1.54) is 102 Å². The molecule has 0 bridgehead atoms. The number of likely N-dealkylation sites (N-methyl/N-ethyl adjacent to an activating group) is 1. The number of carbonyl (C=O) groups is 1. The zero-order valence-electron chi connectivity index (χ0n) is 26.0. The molecule has 2 rings (SSSR count). The first-order chi connectivity index (χ1) is 20.4. The third-order valence-electron chi connectivity index (χ3n) is 7.69. The second kappa shape index (κ2) is 21.4. The number of amides is 1. The number of unbranched alkanes of at least 4 members (excludes halogenated alkanes) is 15. The zero-order chi connectivity index (χ0) is 30.4. The molecular weight excluding hydrogens is 526 g/mol. The average molecular weight is 580 g/mol. The maximum absolute atomic E-state index is 13.3. The first-order valence-corrected chi connectivity index (χ1v) is 16.1. The maximum Gasteiger partial charge on any atom is 0.269 e. The summed E-state index contributed by atoms with van der Waals surface area (Å²) in [5.41, 5.74) is 7.61. The van der Waals surface area contributed by atoms with Crippen molar-refractivity contribution < 1.29 is 14.5 Å². The Morgan fingerprint density at radius 1 is 0.786 bits per heavy atom. The van der Waals surface area contributed by atoms with Crippen molar-refractivity contribution in [3.05, 3.63) is 69.8 Å². The highest BCUT2D eigenvalue weighted by Gasteiger charge is 2.16. The Morgan fingerprint density at radius 3 is 1.74 bits per heavy atom. The van der Waals surface area contributed by atoms with Crippen molar-refractivity contribution in [2.24, 2.45) is 0 Å². The maximum atomic E-state index is 13.3. The topological polar surface area (TPSA) is 98.7 Å². The Hall–Kier alpha value is -3.35. The lowest BCUT2D eigenvalue weighted by Crippen LogP contribution is -2.31. The van der Waals surface area contributed by atoms with Gasteiger partial charge in [0.2, 0.25) is 0 Å². The molecule has 7 nitrogen and oxygen atoms in total. The molecule has 0 aliphatic heterocycles. The molecule has 7 heteroatoms. The Balaban J connectivity index is 1.69. The van der Waals surface area contributed by atoms with Gasteiger partial charge in [-0.25, -0.2) is 0 Å². The van der Waals surface area contributed by atoms with Crippen LogP contribution in [-0.4, -0.2) is 35.9 Å². The number of nitrogen functional groups attached to an aromatic ring is 1. The summed E-state index contributed by atoms with van der Waals surface area (Å²) in [4.78, 5) is 25.7. The van der Waals surface area contributed by atoms with Crippen molar-refractivity contribution in [3.8, 4) is 5.75 Å². The molecule has 2 N–H and O–H groups in total. The fraction of sp³-hybridized carbons (Fsp3) is 0.571. The zero-order valence-corrected chi connectivity index (χ0v) is 26.0. The van der Waals surface area contributed by atoms with E-state index in [1.54, 1.807) is 47.4 Å². The van der Waals surface area contributed by atoms with Crippen LogP contribution in [0.5, 0.6) is 5.75 Å². The number of benzene rings is 2. The van der Waals surface area contributed by atoms with E-state index in [0.29, 0.717) is 29.1 Å². The molecule has 1 amide bonds. The third kappa shape index (κ3) is 15.0. The number of ether oxygens (including phenoxy) is 1. The fourth-order valence-electron chi connectivity index (χ4n) is 5.03. The van der Waals surface area contributed by atoms with Crippen LogP contribution in [0.15, 0.2) is 54.1 Å². The third-order valence-corrected chi connectivity index (χ3v) is 7.69. The number of nitrogens with two attached hydrogens (primary N) is 1. The van der Waals surface area contributed by atoms with Crippen LogP contribution in [-0.2, 0) is 4.79 Å². The summed E-state index contributed by atoms with van der Waals surface area (Å²) in [7, 11) is 1.82. The summed E-state index contributed by atoms with van der Waals surface area (Å²) < 4.78 is 5.88. The monoisotopic (exact) mass is 579 g/mol. The minimum Gasteiger partial charge on any atom is -0.489 e. The van der Waals surface area contributed by atoms with Crippen molar-refractivity contribution in [2.75, 3.05) is 25.9 Å². The lowest BCUT2D eigenvalue weighted by atomic mass is 10.0. The predicted octanol–water partition coefficient (Wildman–Crippen LogP) is 9.36. The van der Waals surface area contributed by atoms with Gasteiger partial charge in [-0.15, -0.1) is 0 Å². The molecule has 0 saturated carbocycles. The number of nitrogens with zero attached hydrogens (tertiary/aromatic N) is 2. The highest BCUT2D eigenvalue weighted by Crippen LogP contribution is 2.19. The molecule has 0 aliphatic carbocycles. The lowest BCUT2D eigenvalue weighted by Gasteiger charge is -2.19. The quantitative estimate of drug-likeness (QED) is 0.0465. The van der Waals surface area contributed by atoms with E-state index in [-0.39, 0.29) is 18.2 Å². The minimum atomic E-state index is -0.435. The molecule has 0 aromatic heterocycles. The van der Waals surface area contributed by atoms with Crippen molar-refractivity contribution in [3.63, 3.8) is 0 Å². The van der Waals surface area contributed by atoms with E-state index in [2.05, 4.69) is 6.92 Å². The summed E-state index contributed by atoms with van der Waals surface area (Å²) >= 11 is 0. The average Bonchev–Trinajstić information content (AvgIpc) is 2.99. The van der Waals surface area contributed by atoms with E-state index in [0.717, 1.165) is 12.8 Å². The molecule has 0 spiro atoms. The van der Waals surface area contributed by atoms with Crippen LogP contribution in [0.4, 0.5) is 11.4 Å². The first kappa shape index (κ1) is 34.8. The number of rotatable bonds is 23. The Morgan fingerprint density at radius 2 is 1.26 bits per heavy atom. The highest BCUT2D eigenvalue weighted by molar-refractivity contribution is 5.98. The van der Waals surface area contributed by atoms with Gasteiger partial charge in [-0.2, -0.15) is 0 Å². The van der Waals surface area contributed by atoms with Crippen LogP contribution < -0.4 is 10.5 Å². The summed E-state index contributed by atoms with van der Waals surface area (Å²) in [6, 6.07) is 13.2. The Bertz CT molecular complexity index is 1050.